The second-order valence-corrected chi connectivity index (χ2v) is 7.42. The largest absolute Gasteiger partial charge is 0.295 e. The molecular formula is C16H12ClN3O4S. The van der Waals surface area contributed by atoms with Gasteiger partial charge in [0.25, 0.3) is 15.7 Å². The van der Waals surface area contributed by atoms with Crippen LogP contribution in [0.3, 0.4) is 0 Å². The number of hydrogen-bond donors (Lipinski definition) is 1. The van der Waals surface area contributed by atoms with Crippen molar-refractivity contribution in [3.05, 3.63) is 69.4 Å². The Morgan fingerprint density at radius 2 is 1.84 bits per heavy atom. The van der Waals surface area contributed by atoms with Crippen molar-refractivity contribution in [1.29, 1.82) is 0 Å². The average Bonchev–Trinajstić information content (AvgIpc) is 2.57. The number of halogens is 1. The van der Waals surface area contributed by atoms with E-state index in [9.17, 15) is 18.5 Å². The number of nitrogens with one attached hydrogen (secondary N) is 1. The van der Waals surface area contributed by atoms with Crippen LogP contribution in [0.15, 0.2) is 53.6 Å². The average molecular weight is 378 g/mol. The molecule has 128 valence electrons. The Kier molecular flexibility index (Phi) is 4.32. The molecule has 0 unspecified atom stereocenters. The summed E-state index contributed by atoms with van der Waals surface area (Å²) in [6.07, 6.45) is 1.18. The van der Waals surface area contributed by atoms with Gasteiger partial charge in [-0.25, -0.2) is 13.4 Å². The smallest absolute Gasteiger partial charge is 0.277 e. The number of hydrogen-bond acceptors (Lipinski definition) is 5. The molecule has 0 aliphatic rings. The van der Waals surface area contributed by atoms with Gasteiger partial charge in [0.1, 0.15) is 5.52 Å². The van der Waals surface area contributed by atoms with E-state index in [1.807, 2.05) is 6.92 Å². The number of aryl methyl sites for hydroxylation is 1. The van der Waals surface area contributed by atoms with Gasteiger partial charge in [0.2, 0.25) is 0 Å². The van der Waals surface area contributed by atoms with Crippen molar-refractivity contribution in [3.63, 3.8) is 0 Å². The lowest BCUT2D eigenvalue weighted by Gasteiger charge is -2.12. The molecule has 0 saturated carbocycles. The van der Waals surface area contributed by atoms with Crippen LogP contribution in [-0.2, 0) is 10.0 Å². The minimum Gasteiger partial charge on any atom is -0.277 e. The van der Waals surface area contributed by atoms with E-state index in [4.69, 9.17) is 11.6 Å². The lowest BCUT2D eigenvalue weighted by Crippen LogP contribution is -2.14. The number of pyridine rings is 1. The van der Waals surface area contributed by atoms with E-state index in [1.165, 1.54) is 36.5 Å². The molecule has 1 N–H and O–H groups in total. The summed E-state index contributed by atoms with van der Waals surface area (Å²) in [5, 5.41) is 11.4. The molecule has 1 aromatic heterocycles. The van der Waals surface area contributed by atoms with Gasteiger partial charge in [-0.2, -0.15) is 0 Å². The third-order valence-electron chi connectivity index (χ3n) is 3.59. The van der Waals surface area contributed by atoms with Crippen molar-refractivity contribution in [3.8, 4) is 0 Å². The molecule has 0 aliphatic heterocycles. The number of nitrogens with zero attached hydrogens (tertiary/aromatic N) is 2. The van der Waals surface area contributed by atoms with Gasteiger partial charge in [-0.15, -0.1) is 0 Å². The fourth-order valence-corrected chi connectivity index (χ4v) is 3.70. The fourth-order valence-electron chi connectivity index (χ4n) is 2.34. The van der Waals surface area contributed by atoms with Crippen LogP contribution in [0.4, 0.5) is 11.4 Å². The standard InChI is InChI=1S/C16H12ClN3O4S/c1-10-5-7-11(8-6-10)25(23,24)19-15-12-3-2-4-14(20(21)22)16(12)18-9-13(15)17/h2-9H,1H3,(H,18,19). The molecule has 9 heteroatoms. The van der Waals surface area contributed by atoms with Crippen LogP contribution in [0.5, 0.6) is 0 Å². The van der Waals surface area contributed by atoms with Crippen molar-refractivity contribution >= 4 is 43.9 Å². The predicted molar refractivity (Wildman–Crippen MR) is 95.4 cm³/mol. The van der Waals surface area contributed by atoms with Crippen LogP contribution in [0.2, 0.25) is 5.02 Å². The zero-order chi connectivity index (χ0) is 18.2. The summed E-state index contributed by atoms with van der Waals surface area (Å²) in [7, 11) is -3.91. The van der Waals surface area contributed by atoms with Gasteiger partial charge in [0.05, 0.1) is 20.5 Å². The molecule has 3 aromatic rings. The molecule has 0 saturated heterocycles. The van der Waals surface area contributed by atoms with Gasteiger partial charge in [0.15, 0.2) is 0 Å². The summed E-state index contributed by atoms with van der Waals surface area (Å²) < 4.78 is 27.6. The topological polar surface area (TPSA) is 102 Å². The summed E-state index contributed by atoms with van der Waals surface area (Å²) in [5.74, 6) is 0. The molecule has 0 fully saturated rings. The predicted octanol–water partition coefficient (Wildman–Crippen LogP) is 3.91. The molecule has 0 spiro atoms. The van der Waals surface area contributed by atoms with Crippen LogP contribution < -0.4 is 4.72 Å². The molecule has 0 atom stereocenters. The van der Waals surface area contributed by atoms with Crippen molar-refractivity contribution in [2.75, 3.05) is 4.72 Å². The molecule has 1 heterocycles. The molecule has 25 heavy (non-hydrogen) atoms. The van der Waals surface area contributed by atoms with Gasteiger partial charge in [-0.05, 0) is 19.1 Å². The van der Waals surface area contributed by atoms with E-state index < -0.39 is 14.9 Å². The quantitative estimate of drug-likeness (QED) is 0.548. The third-order valence-corrected chi connectivity index (χ3v) is 5.25. The van der Waals surface area contributed by atoms with Gasteiger partial charge in [0, 0.05) is 17.6 Å². The Morgan fingerprint density at radius 3 is 2.48 bits per heavy atom. The third kappa shape index (κ3) is 3.26. The van der Waals surface area contributed by atoms with Crippen LogP contribution in [0.1, 0.15) is 5.56 Å². The summed E-state index contributed by atoms with van der Waals surface area (Å²) in [6, 6.07) is 10.5. The van der Waals surface area contributed by atoms with Crippen LogP contribution in [-0.4, -0.2) is 18.3 Å². The number of aromatic nitrogens is 1. The molecule has 0 bridgehead atoms. The second kappa shape index (κ2) is 6.30. The molecule has 0 radical (unpaired) electrons. The first-order chi connectivity index (χ1) is 11.8. The summed E-state index contributed by atoms with van der Waals surface area (Å²) in [4.78, 5) is 14.6. The highest BCUT2D eigenvalue weighted by atomic mass is 35.5. The van der Waals surface area contributed by atoms with Gasteiger partial charge < -0.3 is 0 Å². The van der Waals surface area contributed by atoms with Gasteiger partial charge in [-0.1, -0.05) is 41.4 Å². The van der Waals surface area contributed by atoms with E-state index in [2.05, 4.69) is 9.71 Å². The Hall–Kier alpha value is -2.71. The maximum atomic E-state index is 12.6. The summed E-state index contributed by atoms with van der Waals surface area (Å²) in [5.41, 5.74) is 0.793. The maximum absolute atomic E-state index is 12.6. The van der Waals surface area contributed by atoms with Crippen molar-refractivity contribution in [2.45, 2.75) is 11.8 Å². The number of para-hydroxylation sites is 1. The molecule has 2 aromatic carbocycles. The first kappa shape index (κ1) is 17.1. The normalized spacial score (nSPS) is 11.4. The van der Waals surface area contributed by atoms with E-state index in [1.54, 1.807) is 12.1 Å². The van der Waals surface area contributed by atoms with Crippen molar-refractivity contribution < 1.29 is 13.3 Å². The highest BCUT2D eigenvalue weighted by molar-refractivity contribution is 7.92. The Morgan fingerprint density at radius 1 is 1.16 bits per heavy atom. The molecule has 7 nitrogen and oxygen atoms in total. The monoisotopic (exact) mass is 377 g/mol. The van der Waals surface area contributed by atoms with Crippen LogP contribution >= 0.6 is 11.6 Å². The van der Waals surface area contributed by atoms with Crippen molar-refractivity contribution in [2.24, 2.45) is 0 Å². The zero-order valence-electron chi connectivity index (χ0n) is 12.9. The molecular weight excluding hydrogens is 366 g/mol. The number of fused-ring (bicyclic) bond motifs is 1. The zero-order valence-corrected chi connectivity index (χ0v) is 14.5. The first-order valence-electron chi connectivity index (χ1n) is 7.11. The minimum atomic E-state index is -3.91. The lowest BCUT2D eigenvalue weighted by atomic mass is 10.1. The number of benzene rings is 2. The molecule has 0 aliphatic carbocycles. The number of nitro groups is 1. The Labute approximate surface area is 148 Å². The number of anilines is 1. The molecule has 3 rings (SSSR count). The van der Waals surface area contributed by atoms with Gasteiger partial charge in [-0.3, -0.25) is 14.8 Å². The highest BCUT2D eigenvalue weighted by Crippen LogP contribution is 2.35. The number of rotatable bonds is 4. The highest BCUT2D eigenvalue weighted by Gasteiger charge is 2.21. The minimum absolute atomic E-state index is 0.0451. The van der Waals surface area contributed by atoms with E-state index in [-0.39, 0.29) is 32.2 Å². The Bertz CT molecular complexity index is 1080. The van der Waals surface area contributed by atoms with E-state index >= 15 is 0 Å². The summed E-state index contributed by atoms with van der Waals surface area (Å²) in [6.45, 7) is 1.84. The fraction of sp³-hybridized carbons (Fsp3) is 0.0625. The van der Waals surface area contributed by atoms with Crippen LogP contribution in [0, 0.1) is 17.0 Å². The number of nitro benzene ring substituents is 1. The number of sulfonamides is 1. The SMILES string of the molecule is Cc1ccc(S(=O)(=O)Nc2c(Cl)cnc3c([N+](=O)[O-])cccc23)cc1. The summed E-state index contributed by atoms with van der Waals surface area (Å²) >= 11 is 6.09. The van der Waals surface area contributed by atoms with E-state index in [0.29, 0.717) is 0 Å². The van der Waals surface area contributed by atoms with Crippen molar-refractivity contribution in [1.82, 2.24) is 4.98 Å². The Balaban J connectivity index is 2.15. The lowest BCUT2D eigenvalue weighted by molar-refractivity contribution is -0.383. The second-order valence-electron chi connectivity index (χ2n) is 5.33. The van der Waals surface area contributed by atoms with Gasteiger partial charge >= 0.3 is 0 Å². The van der Waals surface area contributed by atoms with E-state index in [0.717, 1.165) is 5.56 Å². The maximum Gasteiger partial charge on any atom is 0.295 e. The number of non-ortho nitro benzene ring substituents is 1. The first-order valence-corrected chi connectivity index (χ1v) is 8.97. The van der Waals surface area contributed by atoms with Crippen LogP contribution in [0.25, 0.3) is 10.9 Å². The molecule has 0 amide bonds.